The molecule has 1 aliphatic rings. The van der Waals surface area contributed by atoms with Crippen molar-refractivity contribution in [2.45, 2.75) is 37.7 Å². The Labute approximate surface area is 96.2 Å². The van der Waals surface area contributed by atoms with Crippen LogP contribution in [0.3, 0.4) is 0 Å². The van der Waals surface area contributed by atoms with Crippen molar-refractivity contribution in [1.82, 2.24) is 0 Å². The fraction of sp³-hybridized carbons (Fsp3) is 1.00. The average Bonchev–Trinajstić information content (AvgIpc) is 2.53. The molecule has 5 atom stereocenters. The Morgan fingerprint density at radius 2 is 2.06 bits per heavy atom. The molecule has 16 heavy (non-hydrogen) atoms. The van der Waals surface area contributed by atoms with E-state index in [2.05, 4.69) is 4.52 Å². The normalized spacial score (nSPS) is 38.5. The topological polar surface area (TPSA) is 74.2 Å². The summed E-state index contributed by atoms with van der Waals surface area (Å²) < 4.78 is 31.1. The first-order chi connectivity index (χ1) is 7.45. The Morgan fingerprint density at radius 1 is 1.44 bits per heavy atom. The van der Waals surface area contributed by atoms with Gasteiger partial charge in [0.2, 0.25) is 0 Å². The second-order valence-electron chi connectivity index (χ2n) is 3.47. The minimum absolute atomic E-state index is 0.379. The monoisotopic (exact) mass is 250 g/mol. The molecule has 92 valence electrons. The minimum Gasteiger partial charge on any atom is -0.379 e. The number of ether oxygens (including phenoxy) is 2. The van der Waals surface area contributed by atoms with Gasteiger partial charge in [-0.2, -0.15) is 0 Å². The van der Waals surface area contributed by atoms with Crippen molar-refractivity contribution in [3.05, 3.63) is 0 Å². The van der Waals surface area contributed by atoms with Gasteiger partial charge in [0.05, 0.1) is 6.10 Å². The molecule has 0 spiro atoms. The van der Waals surface area contributed by atoms with Gasteiger partial charge in [-0.1, -0.05) is 6.92 Å². The fourth-order valence-electron chi connectivity index (χ4n) is 1.68. The Hall–Kier alpha value is 0.0949. The lowest BCUT2D eigenvalue weighted by molar-refractivity contribution is -0.000944. The summed E-state index contributed by atoms with van der Waals surface area (Å²) in [6.45, 7) is 1.86. The summed E-state index contributed by atoms with van der Waals surface area (Å²) >= 11 is 0. The summed E-state index contributed by atoms with van der Waals surface area (Å²) in [4.78, 5) is 9.26. The maximum absolute atomic E-state index is 11.3. The van der Waals surface area contributed by atoms with Crippen LogP contribution in [0.5, 0.6) is 0 Å². The van der Waals surface area contributed by atoms with E-state index in [1.54, 1.807) is 0 Å². The third-order valence-electron chi connectivity index (χ3n) is 2.51. The molecule has 2 unspecified atom stereocenters. The second-order valence-corrected chi connectivity index (χ2v) is 4.98. The van der Waals surface area contributed by atoms with Crippen LogP contribution in [0.2, 0.25) is 0 Å². The lowest BCUT2D eigenvalue weighted by atomic mass is 9.92. The van der Waals surface area contributed by atoms with E-state index in [1.807, 2.05) is 6.92 Å². The predicted molar refractivity (Wildman–Crippen MR) is 57.2 cm³/mol. The fourth-order valence-corrected chi connectivity index (χ4v) is 2.33. The first kappa shape index (κ1) is 14.2. The highest BCUT2D eigenvalue weighted by Crippen LogP contribution is 2.46. The molecule has 1 rings (SSSR count). The van der Waals surface area contributed by atoms with Crippen LogP contribution >= 0.6 is 7.82 Å². The maximum atomic E-state index is 11.3. The molecule has 0 bridgehead atoms. The van der Waals surface area contributed by atoms with Gasteiger partial charge >= 0.3 is 7.82 Å². The summed E-state index contributed by atoms with van der Waals surface area (Å²) in [5, 5.41) is 0. The SMILES string of the molecule is [B][C@@H]1O[C@H](CC)C(OP(=O)(O)OC)[C@@H]1OC. The summed E-state index contributed by atoms with van der Waals surface area (Å²) in [6, 6.07) is -0.670. The summed E-state index contributed by atoms with van der Waals surface area (Å²) in [5.41, 5.74) is 0. The van der Waals surface area contributed by atoms with Crippen molar-refractivity contribution in [3.63, 3.8) is 0 Å². The van der Waals surface area contributed by atoms with Gasteiger partial charge in [-0.25, -0.2) is 4.57 Å². The third kappa shape index (κ3) is 3.06. The molecule has 6 nitrogen and oxygen atoms in total. The molecule has 2 radical (unpaired) electrons. The Morgan fingerprint density at radius 3 is 2.50 bits per heavy atom. The van der Waals surface area contributed by atoms with Gasteiger partial charge in [-0.05, 0) is 6.42 Å². The average molecular weight is 250 g/mol. The highest BCUT2D eigenvalue weighted by atomic mass is 31.2. The second kappa shape index (κ2) is 5.62. The highest BCUT2D eigenvalue weighted by molar-refractivity contribution is 7.47. The molecule has 0 amide bonds. The van der Waals surface area contributed by atoms with Crippen LogP contribution < -0.4 is 0 Å². The standard InChI is InChI=1S/C8H16BO6P/c1-4-5-6(15-16(10,11)13-3)7(12-2)8(9)14-5/h5-8H,4H2,1-3H3,(H,10,11)/t5-,6?,7+,8-/m1/s1. The molecule has 1 saturated heterocycles. The zero-order chi connectivity index (χ0) is 12.3. The number of phosphoric acid groups is 1. The van der Waals surface area contributed by atoms with Crippen LogP contribution in [0, 0.1) is 0 Å². The third-order valence-corrected chi connectivity index (χ3v) is 3.48. The van der Waals surface area contributed by atoms with E-state index in [0.717, 1.165) is 7.11 Å². The van der Waals surface area contributed by atoms with Crippen molar-refractivity contribution in [1.29, 1.82) is 0 Å². The minimum atomic E-state index is -4.07. The van der Waals surface area contributed by atoms with Gasteiger partial charge in [0.1, 0.15) is 20.1 Å². The van der Waals surface area contributed by atoms with Crippen molar-refractivity contribution >= 4 is 15.7 Å². The molecule has 0 aromatic rings. The van der Waals surface area contributed by atoms with Gasteiger partial charge < -0.3 is 14.4 Å². The lowest BCUT2D eigenvalue weighted by Crippen LogP contribution is -2.36. The van der Waals surface area contributed by atoms with Crippen molar-refractivity contribution < 1.29 is 28.0 Å². The molecule has 0 aromatic carbocycles. The van der Waals surface area contributed by atoms with Crippen LogP contribution in [-0.4, -0.2) is 51.3 Å². The quantitative estimate of drug-likeness (QED) is 0.563. The van der Waals surface area contributed by atoms with Gasteiger partial charge in [-0.15, -0.1) is 0 Å². The molecule has 1 aliphatic heterocycles. The van der Waals surface area contributed by atoms with E-state index < -0.39 is 26.0 Å². The Balaban J connectivity index is 2.77. The van der Waals surface area contributed by atoms with Crippen LogP contribution in [-0.2, 0) is 23.1 Å². The number of hydrogen-bond donors (Lipinski definition) is 1. The van der Waals surface area contributed by atoms with E-state index in [1.165, 1.54) is 7.11 Å². The molecular weight excluding hydrogens is 234 g/mol. The van der Waals surface area contributed by atoms with Gasteiger partial charge in [0.15, 0.2) is 0 Å². The molecule has 0 aromatic heterocycles. The van der Waals surface area contributed by atoms with Crippen molar-refractivity contribution in [3.8, 4) is 0 Å². The molecule has 1 N–H and O–H groups in total. The van der Waals surface area contributed by atoms with Gasteiger partial charge in [0, 0.05) is 20.2 Å². The lowest BCUT2D eigenvalue weighted by Gasteiger charge is -2.23. The molecule has 1 fully saturated rings. The first-order valence-corrected chi connectivity index (χ1v) is 6.45. The number of methoxy groups -OCH3 is 1. The van der Waals surface area contributed by atoms with E-state index in [4.69, 9.17) is 21.8 Å². The zero-order valence-electron chi connectivity index (χ0n) is 9.53. The van der Waals surface area contributed by atoms with Crippen LogP contribution in [0.15, 0.2) is 0 Å². The molecule has 1 heterocycles. The van der Waals surface area contributed by atoms with E-state index in [9.17, 15) is 9.46 Å². The Kier molecular flexibility index (Phi) is 4.97. The van der Waals surface area contributed by atoms with Crippen molar-refractivity contribution in [2.75, 3.05) is 14.2 Å². The highest BCUT2D eigenvalue weighted by Gasteiger charge is 2.45. The summed E-state index contributed by atoms with van der Waals surface area (Å²) in [6.07, 6.45) is -1.07. The Bertz CT molecular complexity index is 275. The number of hydrogen-bond acceptors (Lipinski definition) is 5. The largest absolute Gasteiger partial charge is 0.472 e. The first-order valence-electron chi connectivity index (χ1n) is 4.96. The van der Waals surface area contributed by atoms with Crippen LogP contribution in [0.4, 0.5) is 0 Å². The molecular formula is C8H16BO6P. The molecule has 0 aliphatic carbocycles. The summed E-state index contributed by atoms with van der Waals surface area (Å²) in [7, 11) is 4.14. The summed E-state index contributed by atoms with van der Waals surface area (Å²) in [5.74, 6) is 0. The van der Waals surface area contributed by atoms with Crippen LogP contribution in [0.1, 0.15) is 13.3 Å². The van der Waals surface area contributed by atoms with Gasteiger partial charge in [-0.3, -0.25) is 9.05 Å². The molecule has 0 saturated carbocycles. The van der Waals surface area contributed by atoms with E-state index >= 15 is 0 Å². The number of phosphoric ester groups is 1. The van der Waals surface area contributed by atoms with E-state index in [0.29, 0.717) is 6.42 Å². The van der Waals surface area contributed by atoms with Gasteiger partial charge in [0.25, 0.3) is 0 Å². The number of rotatable bonds is 5. The predicted octanol–water partition coefficient (Wildman–Crippen LogP) is 0.437. The van der Waals surface area contributed by atoms with E-state index in [-0.39, 0.29) is 6.10 Å². The van der Waals surface area contributed by atoms with Crippen LogP contribution in [0.25, 0.3) is 0 Å². The van der Waals surface area contributed by atoms with Crippen molar-refractivity contribution in [2.24, 2.45) is 0 Å². The maximum Gasteiger partial charge on any atom is 0.472 e. The zero-order valence-corrected chi connectivity index (χ0v) is 10.4. The smallest absolute Gasteiger partial charge is 0.379 e. The molecule has 8 heteroatoms.